The van der Waals surface area contributed by atoms with Crippen LogP contribution in [0.4, 0.5) is 0 Å². The van der Waals surface area contributed by atoms with E-state index in [2.05, 4.69) is 43.4 Å². The number of hydrogen-bond acceptors (Lipinski definition) is 2. The summed E-state index contributed by atoms with van der Waals surface area (Å²) < 4.78 is 0. The Morgan fingerprint density at radius 1 is 0.815 bits per heavy atom. The van der Waals surface area contributed by atoms with Gasteiger partial charge in [0.15, 0.2) is 0 Å². The maximum Gasteiger partial charge on any atom is 0.303 e. The van der Waals surface area contributed by atoms with Gasteiger partial charge in [0.1, 0.15) is 0 Å². The Morgan fingerprint density at radius 3 is 2.15 bits per heavy atom. The highest BCUT2D eigenvalue weighted by molar-refractivity contribution is 5.66. The first-order valence-electron chi connectivity index (χ1n) is 10.3. The van der Waals surface area contributed by atoms with Crippen LogP contribution in [0.1, 0.15) is 77.6 Å². The molecule has 3 nitrogen and oxygen atoms in total. The summed E-state index contributed by atoms with van der Waals surface area (Å²) in [6.45, 7) is 2.20. The minimum atomic E-state index is -0.715. The van der Waals surface area contributed by atoms with E-state index in [0.29, 0.717) is 6.42 Å². The zero-order valence-electron chi connectivity index (χ0n) is 16.9. The van der Waals surface area contributed by atoms with Crippen LogP contribution in [0, 0.1) is 0 Å². The maximum atomic E-state index is 10.4. The molecule has 0 aliphatic heterocycles. The molecule has 0 saturated heterocycles. The Morgan fingerprint density at radius 2 is 1.44 bits per heavy atom. The molecule has 0 heterocycles. The molecule has 0 aromatic heterocycles. The molecule has 152 valence electrons. The molecule has 27 heavy (non-hydrogen) atoms. The zero-order chi connectivity index (χ0) is 20.0. The summed E-state index contributed by atoms with van der Waals surface area (Å²) in [6.07, 6.45) is 30.3. The van der Waals surface area contributed by atoms with Crippen molar-refractivity contribution in [3.05, 3.63) is 60.8 Å². The lowest BCUT2D eigenvalue weighted by Gasteiger charge is -1.98. The van der Waals surface area contributed by atoms with Crippen molar-refractivity contribution in [3.8, 4) is 0 Å². The normalized spacial score (nSPS) is 13.9. The predicted octanol–water partition coefficient (Wildman–Crippen LogP) is 6.52. The van der Waals surface area contributed by atoms with Crippen molar-refractivity contribution in [2.45, 2.75) is 83.7 Å². The Hall–Kier alpha value is -1.87. The molecule has 0 amide bonds. The van der Waals surface area contributed by atoms with E-state index in [1.165, 1.54) is 19.3 Å². The SMILES string of the molecule is CCCCC/C=C\C=C\[C@@H](O)C/C=C\C/C=C\C/C=C\CCCCC(=O)O. The molecule has 2 N–H and O–H groups in total. The molecular formula is C24H38O3. The monoisotopic (exact) mass is 374 g/mol. The molecule has 0 spiro atoms. The van der Waals surface area contributed by atoms with Crippen molar-refractivity contribution < 1.29 is 15.0 Å². The van der Waals surface area contributed by atoms with Crippen LogP contribution in [0.25, 0.3) is 0 Å². The largest absolute Gasteiger partial charge is 0.481 e. The number of carboxylic acid groups (broad SMARTS) is 1. The molecule has 0 aliphatic rings. The van der Waals surface area contributed by atoms with Gasteiger partial charge in [-0.1, -0.05) is 80.5 Å². The smallest absolute Gasteiger partial charge is 0.303 e. The number of rotatable bonds is 17. The third-order valence-corrected chi connectivity index (χ3v) is 3.99. The second-order valence-electron chi connectivity index (χ2n) is 6.64. The molecule has 0 saturated carbocycles. The second-order valence-corrected chi connectivity index (χ2v) is 6.64. The fourth-order valence-corrected chi connectivity index (χ4v) is 2.39. The van der Waals surface area contributed by atoms with E-state index in [0.717, 1.165) is 38.5 Å². The van der Waals surface area contributed by atoms with E-state index in [1.54, 1.807) is 0 Å². The fraction of sp³-hybridized carbons (Fsp3) is 0.542. The van der Waals surface area contributed by atoms with Crippen LogP contribution in [0.3, 0.4) is 0 Å². The molecule has 0 aromatic carbocycles. The minimum Gasteiger partial charge on any atom is -0.481 e. The molecular weight excluding hydrogens is 336 g/mol. The molecule has 3 heteroatoms. The average molecular weight is 375 g/mol. The van der Waals surface area contributed by atoms with Crippen LogP contribution in [-0.2, 0) is 4.79 Å². The van der Waals surface area contributed by atoms with Gasteiger partial charge in [-0.3, -0.25) is 4.79 Å². The third-order valence-electron chi connectivity index (χ3n) is 3.99. The van der Waals surface area contributed by atoms with Gasteiger partial charge in [-0.05, 0) is 51.4 Å². The Labute approximate surface area is 165 Å². The summed E-state index contributed by atoms with van der Waals surface area (Å²) in [5.74, 6) is -0.715. The number of carboxylic acids is 1. The van der Waals surface area contributed by atoms with E-state index >= 15 is 0 Å². The molecule has 0 aromatic rings. The fourth-order valence-electron chi connectivity index (χ4n) is 2.39. The third kappa shape index (κ3) is 22.1. The van der Waals surface area contributed by atoms with Gasteiger partial charge in [0.2, 0.25) is 0 Å². The van der Waals surface area contributed by atoms with Gasteiger partial charge in [-0.15, -0.1) is 0 Å². The van der Waals surface area contributed by atoms with Crippen LogP contribution in [-0.4, -0.2) is 22.3 Å². The summed E-state index contributed by atoms with van der Waals surface area (Å²) in [5, 5.41) is 18.4. The zero-order valence-corrected chi connectivity index (χ0v) is 16.9. The summed E-state index contributed by atoms with van der Waals surface area (Å²) in [4.78, 5) is 10.4. The second kappa shape index (κ2) is 20.4. The van der Waals surface area contributed by atoms with Crippen LogP contribution < -0.4 is 0 Å². The van der Waals surface area contributed by atoms with Gasteiger partial charge in [0, 0.05) is 6.42 Å². The standard InChI is InChI=1S/C24H38O3/c1-2-3-4-5-11-14-17-20-23(25)21-18-15-12-9-7-6-8-10-13-16-19-22-24(26)27/h7-11,14-15,17-18,20,23,25H,2-6,12-13,16,19,21-22H2,1H3,(H,26,27)/b9-7-,10-8-,14-11-,18-15-,20-17+/t23-/m1/s1. The molecule has 0 radical (unpaired) electrons. The molecule has 0 rings (SSSR count). The predicted molar refractivity (Wildman–Crippen MR) is 116 cm³/mol. The Bertz CT molecular complexity index is 484. The van der Waals surface area contributed by atoms with E-state index < -0.39 is 12.1 Å². The van der Waals surface area contributed by atoms with E-state index in [1.807, 2.05) is 24.3 Å². The van der Waals surface area contributed by atoms with E-state index in [4.69, 9.17) is 5.11 Å². The highest BCUT2D eigenvalue weighted by atomic mass is 16.4. The summed E-state index contributed by atoms with van der Waals surface area (Å²) in [5.41, 5.74) is 0. The van der Waals surface area contributed by atoms with Crippen molar-refractivity contribution in [1.82, 2.24) is 0 Å². The number of aliphatic hydroxyl groups is 1. The minimum absolute atomic E-state index is 0.264. The molecule has 0 aliphatic carbocycles. The summed E-state index contributed by atoms with van der Waals surface area (Å²) >= 11 is 0. The molecule has 0 bridgehead atoms. The molecule has 0 unspecified atom stereocenters. The van der Waals surface area contributed by atoms with Crippen molar-refractivity contribution in [2.75, 3.05) is 0 Å². The number of aliphatic carboxylic acids is 1. The highest BCUT2D eigenvalue weighted by Gasteiger charge is 1.94. The van der Waals surface area contributed by atoms with Crippen LogP contribution >= 0.6 is 0 Å². The molecule has 0 fully saturated rings. The van der Waals surface area contributed by atoms with Gasteiger partial charge in [0.05, 0.1) is 6.10 Å². The quantitative estimate of drug-likeness (QED) is 0.173. The Balaban J connectivity index is 3.61. The van der Waals surface area contributed by atoms with Gasteiger partial charge < -0.3 is 10.2 Å². The van der Waals surface area contributed by atoms with Crippen molar-refractivity contribution >= 4 is 5.97 Å². The van der Waals surface area contributed by atoms with Crippen molar-refractivity contribution in [2.24, 2.45) is 0 Å². The van der Waals surface area contributed by atoms with Gasteiger partial charge in [-0.25, -0.2) is 0 Å². The first-order chi connectivity index (χ1) is 13.2. The van der Waals surface area contributed by atoms with Crippen molar-refractivity contribution in [3.63, 3.8) is 0 Å². The average Bonchev–Trinajstić information content (AvgIpc) is 2.64. The lowest BCUT2D eigenvalue weighted by atomic mass is 10.1. The van der Waals surface area contributed by atoms with Gasteiger partial charge in [-0.2, -0.15) is 0 Å². The maximum absolute atomic E-state index is 10.4. The van der Waals surface area contributed by atoms with Crippen LogP contribution in [0.5, 0.6) is 0 Å². The first-order valence-corrected chi connectivity index (χ1v) is 10.3. The van der Waals surface area contributed by atoms with Crippen LogP contribution in [0.15, 0.2) is 60.8 Å². The van der Waals surface area contributed by atoms with E-state index in [-0.39, 0.29) is 6.42 Å². The summed E-state index contributed by atoms with van der Waals surface area (Å²) in [7, 11) is 0. The van der Waals surface area contributed by atoms with Gasteiger partial charge in [0.25, 0.3) is 0 Å². The van der Waals surface area contributed by atoms with E-state index in [9.17, 15) is 9.90 Å². The topological polar surface area (TPSA) is 57.5 Å². The molecule has 1 atom stereocenters. The lowest BCUT2D eigenvalue weighted by molar-refractivity contribution is -0.137. The van der Waals surface area contributed by atoms with Crippen LogP contribution in [0.2, 0.25) is 0 Å². The summed E-state index contributed by atoms with van der Waals surface area (Å²) in [6, 6.07) is 0. The number of aliphatic hydroxyl groups excluding tert-OH is 1. The number of unbranched alkanes of at least 4 members (excludes halogenated alkanes) is 5. The highest BCUT2D eigenvalue weighted by Crippen LogP contribution is 2.03. The lowest BCUT2D eigenvalue weighted by Crippen LogP contribution is -1.98. The number of carbonyl (C=O) groups is 1. The van der Waals surface area contributed by atoms with Gasteiger partial charge >= 0.3 is 5.97 Å². The Kier molecular flexibility index (Phi) is 19.0. The number of hydrogen-bond donors (Lipinski definition) is 2. The first kappa shape index (κ1) is 25.1. The van der Waals surface area contributed by atoms with Crippen molar-refractivity contribution in [1.29, 1.82) is 0 Å². The number of allylic oxidation sites excluding steroid dienone is 8.